The van der Waals surface area contributed by atoms with Crippen LogP contribution in [0.25, 0.3) is 10.9 Å². The van der Waals surface area contributed by atoms with Crippen LogP contribution >= 0.6 is 11.6 Å². The van der Waals surface area contributed by atoms with Gasteiger partial charge >= 0.3 is 11.9 Å². The Labute approximate surface area is 93.6 Å². The molecule has 0 spiro atoms. The van der Waals surface area contributed by atoms with Crippen LogP contribution in [0.1, 0.15) is 5.56 Å². The molecule has 0 unspecified atom stereocenters. The first-order chi connectivity index (χ1) is 7.43. The van der Waals surface area contributed by atoms with Crippen LogP contribution in [0.3, 0.4) is 0 Å². The fourth-order valence-corrected chi connectivity index (χ4v) is 1.65. The van der Waals surface area contributed by atoms with E-state index in [-0.39, 0.29) is 5.39 Å². The number of hydrogen-bond donors (Lipinski definition) is 2. The highest BCUT2D eigenvalue weighted by Gasteiger charge is 2.42. The molecule has 0 saturated carbocycles. The molecular weight excluding hydrogens is 240 g/mol. The zero-order valence-electron chi connectivity index (χ0n) is 7.80. The maximum absolute atomic E-state index is 13.3. The molecule has 1 heterocycles. The number of carboxylic acid groups (broad SMARTS) is 1. The van der Waals surface area contributed by atoms with Crippen molar-refractivity contribution in [2.45, 2.75) is 5.92 Å². The number of benzene rings is 1. The Kier molecular flexibility index (Phi) is 2.35. The van der Waals surface area contributed by atoms with Gasteiger partial charge in [0, 0.05) is 22.1 Å². The highest BCUT2D eigenvalue weighted by molar-refractivity contribution is 6.31. The molecule has 6 heteroatoms. The van der Waals surface area contributed by atoms with Gasteiger partial charge in [-0.1, -0.05) is 17.7 Å². The molecular formula is C10H6ClF2NO2. The standard InChI is InChI=1S/C10H6ClF2NO2/c11-5-1-2-6-7(4-14-8(6)3-5)10(12,13)9(15)16/h1-4,14H,(H,15,16). The average Bonchev–Trinajstić information content (AvgIpc) is 2.60. The van der Waals surface area contributed by atoms with E-state index in [0.717, 1.165) is 6.20 Å². The number of carboxylic acids is 1. The maximum Gasteiger partial charge on any atom is 0.379 e. The molecule has 0 saturated heterocycles. The second-order valence-corrected chi connectivity index (χ2v) is 3.71. The van der Waals surface area contributed by atoms with Gasteiger partial charge in [0.1, 0.15) is 0 Å². The number of nitrogens with one attached hydrogen (secondary N) is 1. The molecule has 0 radical (unpaired) electrons. The summed E-state index contributed by atoms with van der Waals surface area (Å²) in [6, 6.07) is 4.25. The lowest BCUT2D eigenvalue weighted by Crippen LogP contribution is -2.24. The highest BCUT2D eigenvalue weighted by Crippen LogP contribution is 2.34. The van der Waals surface area contributed by atoms with Gasteiger partial charge in [-0.2, -0.15) is 8.78 Å². The molecule has 2 aromatic rings. The van der Waals surface area contributed by atoms with Crippen molar-refractivity contribution < 1.29 is 18.7 Å². The SMILES string of the molecule is O=C(O)C(F)(F)c1c[nH]c2cc(Cl)ccc12. The van der Waals surface area contributed by atoms with Crippen molar-refractivity contribution >= 4 is 28.5 Å². The first-order valence-corrected chi connectivity index (χ1v) is 4.69. The average molecular weight is 246 g/mol. The number of halogens is 3. The van der Waals surface area contributed by atoms with Gasteiger partial charge in [-0.3, -0.25) is 0 Å². The van der Waals surface area contributed by atoms with E-state index in [9.17, 15) is 13.6 Å². The Bertz CT molecular complexity index is 565. The van der Waals surface area contributed by atoms with E-state index in [4.69, 9.17) is 16.7 Å². The molecule has 2 N–H and O–H groups in total. The number of aromatic amines is 1. The van der Waals surface area contributed by atoms with Crippen molar-refractivity contribution in [1.82, 2.24) is 4.98 Å². The normalized spacial score (nSPS) is 11.9. The van der Waals surface area contributed by atoms with Crippen LogP contribution in [0.5, 0.6) is 0 Å². The second-order valence-electron chi connectivity index (χ2n) is 3.27. The van der Waals surface area contributed by atoms with Crippen molar-refractivity contribution in [3.05, 3.63) is 35.0 Å². The Morgan fingerprint density at radius 2 is 2.12 bits per heavy atom. The molecule has 0 bridgehead atoms. The van der Waals surface area contributed by atoms with E-state index in [0.29, 0.717) is 10.5 Å². The molecule has 3 nitrogen and oxygen atoms in total. The van der Waals surface area contributed by atoms with Gasteiger partial charge in [-0.15, -0.1) is 0 Å². The van der Waals surface area contributed by atoms with E-state index in [1.54, 1.807) is 0 Å². The van der Waals surface area contributed by atoms with Crippen molar-refractivity contribution in [2.75, 3.05) is 0 Å². The first-order valence-electron chi connectivity index (χ1n) is 4.31. The zero-order valence-corrected chi connectivity index (χ0v) is 8.55. The molecule has 0 fully saturated rings. The van der Waals surface area contributed by atoms with Crippen LogP contribution < -0.4 is 0 Å². The van der Waals surface area contributed by atoms with Crippen molar-refractivity contribution in [3.8, 4) is 0 Å². The summed E-state index contributed by atoms with van der Waals surface area (Å²) in [7, 11) is 0. The fraction of sp³-hybridized carbons (Fsp3) is 0.100. The smallest absolute Gasteiger partial charge is 0.379 e. The summed E-state index contributed by atoms with van der Waals surface area (Å²) in [5.74, 6) is -6.09. The molecule has 0 atom stereocenters. The topological polar surface area (TPSA) is 53.1 Å². The van der Waals surface area contributed by atoms with Gasteiger partial charge < -0.3 is 10.1 Å². The Morgan fingerprint density at radius 3 is 2.75 bits per heavy atom. The summed E-state index contributed by atoms with van der Waals surface area (Å²) in [5.41, 5.74) is -0.185. The van der Waals surface area contributed by atoms with Crippen LogP contribution in [0.4, 0.5) is 8.78 Å². The Hall–Kier alpha value is -1.62. The first kappa shape index (κ1) is 10.9. The predicted octanol–water partition coefficient (Wildman–Crippen LogP) is 3.00. The predicted molar refractivity (Wildman–Crippen MR) is 54.8 cm³/mol. The van der Waals surface area contributed by atoms with Crippen molar-refractivity contribution in [2.24, 2.45) is 0 Å². The molecule has 2 rings (SSSR count). The maximum atomic E-state index is 13.3. The lowest BCUT2D eigenvalue weighted by atomic mass is 10.1. The second kappa shape index (κ2) is 3.45. The number of alkyl halides is 2. The van der Waals surface area contributed by atoms with Crippen LogP contribution in [0.2, 0.25) is 5.02 Å². The third-order valence-corrected chi connectivity index (χ3v) is 2.49. The lowest BCUT2D eigenvalue weighted by Gasteiger charge is -2.09. The van der Waals surface area contributed by atoms with E-state index < -0.39 is 17.5 Å². The van der Waals surface area contributed by atoms with Crippen LogP contribution in [0.15, 0.2) is 24.4 Å². The molecule has 0 aliphatic rings. The summed E-state index contributed by atoms with van der Waals surface area (Å²) in [5, 5.41) is 8.98. The summed E-state index contributed by atoms with van der Waals surface area (Å²) < 4.78 is 26.6. The number of H-pyrrole nitrogens is 1. The summed E-state index contributed by atoms with van der Waals surface area (Å²) >= 11 is 5.68. The third-order valence-electron chi connectivity index (χ3n) is 2.25. The Balaban J connectivity index is 2.67. The van der Waals surface area contributed by atoms with Crippen LogP contribution in [-0.2, 0) is 10.7 Å². The number of carbonyl (C=O) groups is 1. The minimum Gasteiger partial charge on any atom is -0.477 e. The van der Waals surface area contributed by atoms with E-state index >= 15 is 0 Å². The molecule has 0 amide bonds. The molecule has 0 aliphatic carbocycles. The number of aliphatic carboxylic acids is 1. The van der Waals surface area contributed by atoms with Gasteiger partial charge in [-0.05, 0) is 12.1 Å². The minimum absolute atomic E-state index is 0.150. The zero-order chi connectivity index (χ0) is 11.9. The summed E-state index contributed by atoms with van der Waals surface area (Å²) in [6.45, 7) is 0. The van der Waals surface area contributed by atoms with E-state index in [1.807, 2.05) is 0 Å². The largest absolute Gasteiger partial charge is 0.477 e. The van der Waals surface area contributed by atoms with Gasteiger partial charge in [0.05, 0.1) is 5.56 Å². The van der Waals surface area contributed by atoms with Crippen molar-refractivity contribution in [1.29, 1.82) is 0 Å². The van der Waals surface area contributed by atoms with E-state index in [1.165, 1.54) is 18.2 Å². The summed E-state index contributed by atoms with van der Waals surface area (Å²) in [4.78, 5) is 13.0. The Morgan fingerprint density at radius 1 is 1.44 bits per heavy atom. The van der Waals surface area contributed by atoms with Gasteiger partial charge in [0.25, 0.3) is 0 Å². The molecule has 1 aromatic heterocycles. The van der Waals surface area contributed by atoms with Crippen LogP contribution in [0, 0.1) is 0 Å². The van der Waals surface area contributed by atoms with Gasteiger partial charge in [-0.25, -0.2) is 4.79 Å². The number of rotatable bonds is 2. The highest BCUT2D eigenvalue weighted by atomic mass is 35.5. The molecule has 1 aromatic carbocycles. The number of hydrogen-bond acceptors (Lipinski definition) is 1. The quantitative estimate of drug-likeness (QED) is 0.855. The summed E-state index contributed by atoms with van der Waals surface area (Å²) in [6.07, 6.45) is 0.981. The van der Waals surface area contributed by atoms with Crippen LogP contribution in [-0.4, -0.2) is 16.1 Å². The van der Waals surface area contributed by atoms with Gasteiger partial charge in [0.2, 0.25) is 0 Å². The molecule has 84 valence electrons. The third kappa shape index (κ3) is 1.53. The fourth-order valence-electron chi connectivity index (χ4n) is 1.47. The molecule has 16 heavy (non-hydrogen) atoms. The van der Waals surface area contributed by atoms with E-state index in [2.05, 4.69) is 4.98 Å². The van der Waals surface area contributed by atoms with Gasteiger partial charge in [0.15, 0.2) is 0 Å². The minimum atomic E-state index is -3.91. The van der Waals surface area contributed by atoms with Crippen molar-refractivity contribution in [3.63, 3.8) is 0 Å². The monoisotopic (exact) mass is 245 g/mol. The lowest BCUT2D eigenvalue weighted by molar-refractivity contribution is -0.166. The molecule has 0 aliphatic heterocycles. The number of fused-ring (bicyclic) bond motifs is 1. The number of aromatic nitrogens is 1.